The van der Waals surface area contributed by atoms with E-state index in [0.717, 1.165) is 37.4 Å². The zero-order chi connectivity index (χ0) is 25.0. The number of benzene rings is 2. The molecule has 0 atom stereocenters. The first kappa shape index (κ1) is 24.9. The van der Waals surface area contributed by atoms with Gasteiger partial charge < -0.3 is 20.4 Å². The van der Waals surface area contributed by atoms with E-state index in [1.807, 2.05) is 19.1 Å². The van der Waals surface area contributed by atoms with Gasteiger partial charge in [0, 0.05) is 61.0 Å². The minimum absolute atomic E-state index is 0.190. The van der Waals surface area contributed by atoms with Crippen molar-refractivity contribution < 1.29 is 8.42 Å². The van der Waals surface area contributed by atoms with Gasteiger partial charge in [-0.05, 0) is 70.3 Å². The number of rotatable bonds is 8. The SMILES string of the molecule is Cc1cnc(Nc2ccc(N3CCN(C)CC3)cc2)nc1Nc1cccc(S(=O)(=O)NC(C)C)c1. The van der Waals surface area contributed by atoms with E-state index in [-0.39, 0.29) is 10.9 Å². The van der Waals surface area contributed by atoms with E-state index < -0.39 is 10.0 Å². The number of hydrogen-bond donors (Lipinski definition) is 3. The maximum atomic E-state index is 12.5. The topological polar surface area (TPSA) is 102 Å². The highest BCUT2D eigenvalue weighted by Crippen LogP contribution is 2.24. The van der Waals surface area contributed by atoms with Crippen LogP contribution in [0.1, 0.15) is 19.4 Å². The Bertz CT molecular complexity index is 1260. The van der Waals surface area contributed by atoms with Gasteiger partial charge in [0.05, 0.1) is 4.90 Å². The molecule has 1 aliphatic heterocycles. The van der Waals surface area contributed by atoms with Crippen LogP contribution in [0, 0.1) is 6.92 Å². The number of aromatic nitrogens is 2. The Morgan fingerprint density at radius 1 is 0.943 bits per heavy atom. The van der Waals surface area contributed by atoms with Crippen LogP contribution in [0.5, 0.6) is 0 Å². The number of nitrogens with one attached hydrogen (secondary N) is 3. The van der Waals surface area contributed by atoms with Gasteiger partial charge in [0.1, 0.15) is 5.82 Å². The molecule has 0 amide bonds. The molecule has 1 saturated heterocycles. The molecule has 10 heteroatoms. The van der Waals surface area contributed by atoms with Crippen molar-refractivity contribution in [2.45, 2.75) is 31.7 Å². The molecule has 0 saturated carbocycles. The fourth-order valence-electron chi connectivity index (χ4n) is 3.83. The number of anilines is 5. The molecule has 9 nitrogen and oxygen atoms in total. The van der Waals surface area contributed by atoms with Gasteiger partial charge in [-0.1, -0.05) is 6.07 Å². The molecule has 4 rings (SSSR count). The van der Waals surface area contributed by atoms with Crippen molar-refractivity contribution in [1.82, 2.24) is 19.6 Å². The summed E-state index contributed by atoms with van der Waals surface area (Å²) in [6, 6.07) is 14.8. The van der Waals surface area contributed by atoms with E-state index in [0.29, 0.717) is 17.5 Å². The zero-order valence-electron chi connectivity index (χ0n) is 20.6. The first-order chi connectivity index (χ1) is 16.7. The predicted octanol–water partition coefficient (Wildman–Crippen LogP) is 3.71. The number of nitrogens with zero attached hydrogens (tertiary/aromatic N) is 4. The molecule has 1 aromatic heterocycles. The Hall–Kier alpha value is -3.21. The summed E-state index contributed by atoms with van der Waals surface area (Å²) in [5.41, 5.74) is 3.57. The Labute approximate surface area is 207 Å². The first-order valence-corrected chi connectivity index (χ1v) is 13.2. The van der Waals surface area contributed by atoms with E-state index in [1.165, 1.54) is 5.69 Å². The molecule has 0 spiro atoms. The molecule has 3 aromatic rings. The molecule has 186 valence electrons. The van der Waals surface area contributed by atoms with E-state index in [9.17, 15) is 8.42 Å². The Morgan fingerprint density at radius 3 is 2.34 bits per heavy atom. The van der Waals surface area contributed by atoms with Crippen molar-refractivity contribution in [3.8, 4) is 0 Å². The van der Waals surface area contributed by atoms with E-state index in [4.69, 9.17) is 0 Å². The smallest absolute Gasteiger partial charge is 0.240 e. The summed E-state index contributed by atoms with van der Waals surface area (Å²) in [4.78, 5) is 13.9. The summed E-state index contributed by atoms with van der Waals surface area (Å²) >= 11 is 0. The molecular formula is C25H33N7O2S. The fraction of sp³-hybridized carbons (Fsp3) is 0.360. The van der Waals surface area contributed by atoms with Gasteiger partial charge in [0.2, 0.25) is 16.0 Å². The Balaban J connectivity index is 1.46. The van der Waals surface area contributed by atoms with Crippen LogP contribution in [0.2, 0.25) is 0 Å². The van der Waals surface area contributed by atoms with Crippen molar-refractivity contribution in [1.29, 1.82) is 0 Å². The monoisotopic (exact) mass is 495 g/mol. The second kappa shape index (κ2) is 10.6. The molecule has 35 heavy (non-hydrogen) atoms. The van der Waals surface area contributed by atoms with Crippen LogP contribution >= 0.6 is 0 Å². The van der Waals surface area contributed by atoms with Crippen molar-refractivity contribution in [3.05, 3.63) is 60.3 Å². The van der Waals surface area contributed by atoms with Crippen LogP contribution in [0.25, 0.3) is 0 Å². The van der Waals surface area contributed by atoms with Gasteiger partial charge in [-0.3, -0.25) is 0 Å². The van der Waals surface area contributed by atoms with Gasteiger partial charge in [0.15, 0.2) is 0 Å². The molecule has 0 bridgehead atoms. The summed E-state index contributed by atoms with van der Waals surface area (Å²) in [5, 5.41) is 6.48. The lowest BCUT2D eigenvalue weighted by Gasteiger charge is -2.34. The van der Waals surface area contributed by atoms with Crippen LogP contribution in [0.3, 0.4) is 0 Å². The van der Waals surface area contributed by atoms with Gasteiger partial charge in [-0.2, -0.15) is 4.98 Å². The average molecular weight is 496 g/mol. The van der Waals surface area contributed by atoms with Crippen LogP contribution in [0.4, 0.5) is 28.8 Å². The normalized spacial score (nSPS) is 14.8. The van der Waals surface area contributed by atoms with Gasteiger partial charge >= 0.3 is 0 Å². The maximum Gasteiger partial charge on any atom is 0.240 e. The third-order valence-corrected chi connectivity index (χ3v) is 7.42. The van der Waals surface area contributed by atoms with E-state index in [1.54, 1.807) is 44.3 Å². The first-order valence-electron chi connectivity index (χ1n) is 11.7. The van der Waals surface area contributed by atoms with Crippen molar-refractivity contribution >= 4 is 38.9 Å². The summed E-state index contributed by atoms with van der Waals surface area (Å²) < 4.78 is 27.7. The van der Waals surface area contributed by atoms with Gasteiger partial charge in [-0.25, -0.2) is 18.1 Å². The summed E-state index contributed by atoms with van der Waals surface area (Å²) in [7, 11) is -1.44. The van der Waals surface area contributed by atoms with Crippen LogP contribution in [-0.2, 0) is 10.0 Å². The van der Waals surface area contributed by atoms with Gasteiger partial charge in [-0.15, -0.1) is 0 Å². The molecule has 1 aliphatic rings. The van der Waals surface area contributed by atoms with E-state index >= 15 is 0 Å². The molecule has 0 unspecified atom stereocenters. The maximum absolute atomic E-state index is 12.5. The Morgan fingerprint density at radius 2 is 1.66 bits per heavy atom. The summed E-state index contributed by atoms with van der Waals surface area (Å²) in [6.45, 7) is 9.66. The molecule has 0 radical (unpaired) electrons. The van der Waals surface area contributed by atoms with Crippen molar-refractivity contribution in [3.63, 3.8) is 0 Å². The minimum atomic E-state index is -3.59. The fourth-order valence-corrected chi connectivity index (χ4v) is 5.13. The quantitative estimate of drug-likeness (QED) is 0.435. The summed E-state index contributed by atoms with van der Waals surface area (Å²) in [5.74, 6) is 1.05. The number of piperazine rings is 1. The molecule has 3 N–H and O–H groups in total. The molecule has 0 aliphatic carbocycles. The zero-order valence-corrected chi connectivity index (χ0v) is 21.4. The van der Waals surface area contributed by atoms with E-state index in [2.05, 4.69) is 54.3 Å². The molecular weight excluding hydrogens is 462 g/mol. The number of sulfonamides is 1. The van der Waals surface area contributed by atoms with Crippen molar-refractivity contribution in [2.24, 2.45) is 0 Å². The minimum Gasteiger partial charge on any atom is -0.369 e. The highest BCUT2D eigenvalue weighted by atomic mass is 32.2. The largest absolute Gasteiger partial charge is 0.369 e. The number of likely N-dealkylation sites (N-methyl/N-ethyl adjacent to an activating group) is 1. The average Bonchev–Trinajstić information content (AvgIpc) is 2.82. The highest BCUT2D eigenvalue weighted by Gasteiger charge is 2.16. The molecule has 1 fully saturated rings. The van der Waals surface area contributed by atoms with Crippen LogP contribution in [-0.4, -0.2) is 62.6 Å². The third kappa shape index (κ3) is 6.47. The summed E-state index contributed by atoms with van der Waals surface area (Å²) in [6.07, 6.45) is 1.73. The molecule has 2 aromatic carbocycles. The standard InChI is InChI=1S/C25H33N7O2S/c1-18(2)30-35(33,34)23-7-5-6-21(16-23)27-24-19(3)17-26-25(29-24)28-20-8-10-22(11-9-20)32-14-12-31(4)13-15-32/h5-11,16-18,30H,12-15H2,1-4H3,(H2,26,27,28,29). The predicted molar refractivity (Wildman–Crippen MR) is 141 cm³/mol. The van der Waals surface area contributed by atoms with Gasteiger partial charge in [0.25, 0.3) is 0 Å². The third-order valence-electron chi connectivity index (χ3n) is 5.76. The Kier molecular flexibility index (Phi) is 7.54. The lowest BCUT2D eigenvalue weighted by molar-refractivity contribution is 0.313. The second-order valence-electron chi connectivity index (χ2n) is 9.12. The lowest BCUT2D eigenvalue weighted by atomic mass is 10.2. The number of hydrogen-bond acceptors (Lipinski definition) is 8. The lowest BCUT2D eigenvalue weighted by Crippen LogP contribution is -2.44. The second-order valence-corrected chi connectivity index (χ2v) is 10.8. The van der Waals surface area contributed by atoms with Crippen molar-refractivity contribution in [2.75, 3.05) is 48.8 Å². The van der Waals surface area contributed by atoms with Crippen LogP contribution < -0.4 is 20.3 Å². The number of aryl methyl sites for hydroxylation is 1. The highest BCUT2D eigenvalue weighted by molar-refractivity contribution is 7.89. The molecule has 2 heterocycles. The van der Waals surface area contributed by atoms with Crippen LogP contribution in [0.15, 0.2) is 59.6 Å².